The van der Waals surface area contributed by atoms with Gasteiger partial charge in [0.25, 0.3) is 0 Å². The number of ether oxygens (including phenoxy) is 1. The van der Waals surface area contributed by atoms with Crippen LogP contribution in [0.3, 0.4) is 0 Å². The summed E-state index contributed by atoms with van der Waals surface area (Å²) in [6.45, 7) is 11.9. The zero-order valence-electron chi connectivity index (χ0n) is 22.4. The van der Waals surface area contributed by atoms with Crippen LogP contribution >= 0.6 is 0 Å². The van der Waals surface area contributed by atoms with Gasteiger partial charge < -0.3 is 25.8 Å². The van der Waals surface area contributed by atoms with E-state index in [1.807, 2.05) is 40.7 Å². The van der Waals surface area contributed by atoms with E-state index >= 15 is 0 Å². The van der Waals surface area contributed by atoms with Crippen LogP contribution in [0, 0.1) is 0 Å². The molecule has 1 heterocycles. The lowest BCUT2D eigenvalue weighted by Crippen LogP contribution is -2.32. The van der Waals surface area contributed by atoms with E-state index in [1.54, 1.807) is 12.1 Å². The summed E-state index contributed by atoms with van der Waals surface area (Å²) in [5, 5.41) is 17.6. The molecule has 4 N–H and O–H groups in total. The Morgan fingerprint density at radius 3 is 2.35 bits per heavy atom. The standard InChI is InChI=1S/C17H26N2O2.C12H13NO3/c1-17(2,3)21-16(20)19-12-13-5-4-6-15(11-13)14-7-9-18-10-8-14;1-8(2)6-11(14)13-10-5-3-4-9(7-10)12(15)16/h4-6,11,14,18H,7-10,12H2,1-3H3,(H,19,20);3-7H,1-2H3,(H,13,14)(H,15,16). The number of alkyl carbamates (subject to hydrolysis) is 1. The number of hydrogen-bond acceptors (Lipinski definition) is 5. The number of benzene rings is 2. The van der Waals surface area contributed by atoms with Crippen molar-refractivity contribution in [3.8, 4) is 0 Å². The Morgan fingerprint density at radius 1 is 1.05 bits per heavy atom. The summed E-state index contributed by atoms with van der Waals surface area (Å²) < 4.78 is 5.25. The Hall–Kier alpha value is -3.65. The van der Waals surface area contributed by atoms with Crippen molar-refractivity contribution in [1.82, 2.24) is 10.6 Å². The van der Waals surface area contributed by atoms with Gasteiger partial charge in [0.15, 0.2) is 0 Å². The number of carboxylic acid groups (broad SMARTS) is 1. The number of nitrogens with one attached hydrogen (secondary N) is 3. The number of amides is 2. The van der Waals surface area contributed by atoms with Crippen LogP contribution in [0.5, 0.6) is 0 Å². The van der Waals surface area contributed by atoms with Crippen molar-refractivity contribution >= 4 is 23.7 Å². The first-order valence-electron chi connectivity index (χ1n) is 12.5. The predicted molar refractivity (Wildman–Crippen MR) is 146 cm³/mol. The van der Waals surface area contributed by atoms with Crippen molar-refractivity contribution in [3.63, 3.8) is 0 Å². The molecule has 2 aromatic carbocycles. The largest absolute Gasteiger partial charge is 0.478 e. The molecular formula is C29H39N3O5. The van der Waals surface area contributed by atoms with Gasteiger partial charge in [0, 0.05) is 18.3 Å². The topological polar surface area (TPSA) is 117 Å². The fraction of sp³-hybridized carbons (Fsp3) is 0.414. The molecule has 1 aliphatic rings. The van der Waals surface area contributed by atoms with Gasteiger partial charge in [-0.3, -0.25) is 4.79 Å². The first kappa shape index (κ1) is 29.6. The Balaban J connectivity index is 0.000000271. The zero-order valence-corrected chi connectivity index (χ0v) is 22.4. The predicted octanol–water partition coefficient (Wildman–Crippen LogP) is 5.47. The quantitative estimate of drug-likeness (QED) is 0.384. The van der Waals surface area contributed by atoms with Crippen molar-refractivity contribution in [2.75, 3.05) is 18.4 Å². The van der Waals surface area contributed by atoms with Gasteiger partial charge in [0.05, 0.1) is 5.56 Å². The number of carboxylic acids is 1. The van der Waals surface area contributed by atoms with Crippen molar-refractivity contribution in [2.45, 2.75) is 65.5 Å². The summed E-state index contributed by atoms with van der Waals surface area (Å²) in [4.78, 5) is 33.7. The maximum atomic E-state index is 11.7. The maximum absolute atomic E-state index is 11.7. The van der Waals surface area contributed by atoms with Crippen LogP contribution in [0.1, 0.15) is 74.9 Å². The molecule has 0 aliphatic carbocycles. The van der Waals surface area contributed by atoms with E-state index < -0.39 is 11.6 Å². The lowest BCUT2D eigenvalue weighted by Gasteiger charge is -2.23. The van der Waals surface area contributed by atoms with E-state index in [9.17, 15) is 14.4 Å². The van der Waals surface area contributed by atoms with Gasteiger partial charge >= 0.3 is 12.1 Å². The monoisotopic (exact) mass is 509 g/mol. The van der Waals surface area contributed by atoms with Gasteiger partial charge in [-0.1, -0.05) is 35.9 Å². The number of carbonyl (C=O) groups excluding carboxylic acids is 2. The van der Waals surface area contributed by atoms with Crippen LogP contribution in [0.15, 0.2) is 60.2 Å². The summed E-state index contributed by atoms with van der Waals surface area (Å²) in [5.74, 6) is -0.645. The van der Waals surface area contributed by atoms with E-state index in [4.69, 9.17) is 9.84 Å². The summed E-state index contributed by atoms with van der Waals surface area (Å²) in [6.07, 6.45) is 3.45. The SMILES string of the molecule is CC(C)(C)OC(=O)NCc1cccc(C2CCNCC2)c1.CC(C)=CC(=O)Nc1cccc(C(=O)O)c1. The molecule has 8 nitrogen and oxygen atoms in total. The second-order valence-corrected chi connectivity index (χ2v) is 10.2. The first-order valence-corrected chi connectivity index (χ1v) is 12.5. The van der Waals surface area contributed by atoms with Gasteiger partial charge in [-0.2, -0.15) is 0 Å². The number of hydrogen-bond donors (Lipinski definition) is 4. The summed E-state index contributed by atoms with van der Waals surface area (Å²) in [7, 11) is 0. The summed E-state index contributed by atoms with van der Waals surface area (Å²) >= 11 is 0. The fourth-order valence-corrected chi connectivity index (χ4v) is 3.77. The molecule has 0 saturated carbocycles. The highest BCUT2D eigenvalue weighted by Gasteiger charge is 2.17. The van der Waals surface area contributed by atoms with Crippen molar-refractivity contribution in [1.29, 1.82) is 0 Å². The molecule has 2 aromatic rings. The Morgan fingerprint density at radius 2 is 1.73 bits per heavy atom. The van der Waals surface area contributed by atoms with Gasteiger partial charge in [0.1, 0.15) is 5.60 Å². The van der Waals surface area contributed by atoms with Gasteiger partial charge in [0.2, 0.25) is 5.91 Å². The molecule has 8 heteroatoms. The molecule has 0 radical (unpaired) electrons. The van der Waals surface area contributed by atoms with Crippen LogP contribution in [-0.4, -0.2) is 41.8 Å². The number of rotatable bonds is 6. The van der Waals surface area contributed by atoms with Crippen molar-refractivity contribution < 1.29 is 24.2 Å². The number of aromatic carboxylic acids is 1. The highest BCUT2D eigenvalue weighted by atomic mass is 16.6. The van der Waals surface area contributed by atoms with Gasteiger partial charge in [-0.25, -0.2) is 9.59 Å². The molecule has 200 valence electrons. The lowest BCUT2D eigenvalue weighted by molar-refractivity contribution is -0.112. The number of anilines is 1. The smallest absolute Gasteiger partial charge is 0.407 e. The van der Waals surface area contributed by atoms with Gasteiger partial charge in [-0.15, -0.1) is 0 Å². The Labute approximate surface area is 219 Å². The molecule has 37 heavy (non-hydrogen) atoms. The van der Waals surface area contributed by atoms with Crippen LogP contribution in [0.25, 0.3) is 0 Å². The van der Waals surface area contributed by atoms with E-state index in [1.165, 1.54) is 36.6 Å². The fourth-order valence-electron chi connectivity index (χ4n) is 3.77. The van der Waals surface area contributed by atoms with Crippen LogP contribution in [-0.2, 0) is 16.1 Å². The summed E-state index contributed by atoms with van der Waals surface area (Å²) in [5.41, 5.74) is 3.54. The zero-order chi connectivity index (χ0) is 27.4. The Bertz CT molecular complexity index is 1090. The molecule has 0 aromatic heterocycles. The van der Waals surface area contributed by atoms with E-state index in [-0.39, 0.29) is 17.6 Å². The van der Waals surface area contributed by atoms with E-state index in [0.717, 1.165) is 24.2 Å². The lowest BCUT2D eigenvalue weighted by atomic mass is 9.89. The van der Waals surface area contributed by atoms with Crippen molar-refractivity contribution in [3.05, 3.63) is 76.9 Å². The normalized spacial score (nSPS) is 13.4. The second kappa shape index (κ2) is 14.2. The molecule has 0 atom stereocenters. The van der Waals surface area contributed by atoms with Crippen LogP contribution in [0.4, 0.5) is 10.5 Å². The highest BCUT2D eigenvalue weighted by molar-refractivity contribution is 6.00. The third-order valence-electron chi connectivity index (χ3n) is 5.39. The molecule has 0 bridgehead atoms. The maximum Gasteiger partial charge on any atom is 0.407 e. The molecule has 1 fully saturated rings. The molecule has 0 unspecified atom stereocenters. The first-order chi connectivity index (χ1) is 17.4. The minimum atomic E-state index is -1.02. The van der Waals surface area contributed by atoms with Crippen LogP contribution < -0.4 is 16.0 Å². The average Bonchev–Trinajstić information content (AvgIpc) is 2.82. The number of piperidine rings is 1. The number of carbonyl (C=O) groups is 3. The van der Waals surface area contributed by atoms with Gasteiger partial charge in [-0.05, 0) is 95.8 Å². The minimum Gasteiger partial charge on any atom is -0.478 e. The average molecular weight is 510 g/mol. The summed E-state index contributed by atoms with van der Waals surface area (Å²) in [6, 6.07) is 14.6. The Kier molecular flexibility index (Phi) is 11.3. The molecule has 0 spiro atoms. The van der Waals surface area contributed by atoms with Crippen LogP contribution in [0.2, 0.25) is 0 Å². The molecule has 1 aliphatic heterocycles. The molecule has 2 amide bonds. The molecule has 3 rings (SSSR count). The highest BCUT2D eigenvalue weighted by Crippen LogP contribution is 2.25. The minimum absolute atomic E-state index is 0.148. The van der Waals surface area contributed by atoms with Crippen molar-refractivity contribution in [2.24, 2.45) is 0 Å². The van der Waals surface area contributed by atoms with E-state index in [2.05, 4.69) is 34.1 Å². The number of allylic oxidation sites excluding steroid dienone is 1. The molecule has 1 saturated heterocycles. The van der Waals surface area contributed by atoms with E-state index in [0.29, 0.717) is 18.2 Å². The molecular weight excluding hydrogens is 470 g/mol. The third kappa shape index (κ3) is 11.8. The second-order valence-electron chi connectivity index (χ2n) is 10.2. The third-order valence-corrected chi connectivity index (χ3v) is 5.39.